The van der Waals surface area contributed by atoms with E-state index in [9.17, 15) is 5.11 Å². The minimum atomic E-state index is -0.812. The van der Waals surface area contributed by atoms with E-state index >= 15 is 0 Å². The molecule has 1 aromatic carbocycles. The number of benzene rings is 1. The molecule has 2 nitrogen and oxygen atoms in total. The fourth-order valence-electron chi connectivity index (χ4n) is 3.93. The molecular formula is C20H23NOS. The molecule has 3 heteroatoms. The summed E-state index contributed by atoms with van der Waals surface area (Å²) in [5, 5.41) is 12.2. The molecule has 1 aromatic heterocycles. The minimum absolute atomic E-state index is 0.148. The lowest BCUT2D eigenvalue weighted by Crippen LogP contribution is -2.37. The van der Waals surface area contributed by atoms with E-state index in [-0.39, 0.29) is 5.41 Å². The largest absolute Gasteiger partial charge is 0.382 e. The van der Waals surface area contributed by atoms with Gasteiger partial charge in [0.25, 0.3) is 0 Å². The maximum Gasteiger partial charge on any atom is 0.126 e. The SMILES string of the molecule is CC1=CC=C2C[C@](O)(c3nc4c(C)c(C)ccc4s3)CC[C@@]12C. The fourth-order valence-corrected chi connectivity index (χ4v) is 5.07. The molecule has 0 aliphatic heterocycles. The molecule has 1 saturated carbocycles. The van der Waals surface area contributed by atoms with Crippen molar-refractivity contribution in [2.24, 2.45) is 5.41 Å². The van der Waals surface area contributed by atoms with Crippen LogP contribution in [-0.4, -0.2) is 10.1 Å². The monoisotopic (exact) mass is 325 g/mol. The molecule has 1 N–H and O–H groups in total. The van der Waals surface area contributed by atoms with Crippen LogP contribution in [0.3, 0.4) is 0 Å². The summed E-state index contributed by atoms with van der Waals surface area (Å²) in [6.07, 6.45) is 6.90. The van der Waals surface area contributed by atoms with Crippen LogP contribution in [0, 0.1) is 19.3 Å². The van der Waals surface area contributed by atoms with Crippen LogP contribution < -0.4 is 0 Å². The Morgan fingerprint density at radius 1 is 1.13 bits per heavy atom. The quantitative estimate of drug-likeness (QED) is 0.784. The van der Waals surface area contributed by atoms with E-state index in [4.69, 9.17) is 4.98 Å². The van der Waals surface area contributed by atoms with Gasteiger partial charge in [-0.15, -0.1) is 11.3 Å². The lowest BCUT2D eigenvalue weighted by molar-refractivity contribution is -0.00115. The van der Waals surface area contributed by atoms with Crippen LogP contribution in [0.1, 0.15) is 49.2 Å². The fraction of sp³-hybridized carbons (Fsp3) is 0.450. The average molecular weight is 325 g/mol. The van der Waals surface area contributed by atoms with Gasteiger partial charge >= 0.3 is 0 Å². The zero-order valence-electron chi connectivity index (χ0n) is 14.2. The molecule has 0 saturated heterocycles. The zero-order chi connectivity index (χ0) is 16.4. The highest BCUT2D eigenvalue weighted by Gasteiger charge is 2.46. The molecule has 2 aliphatic carbocycles. The summed E-state index contributed by atoms with van der Waals surface area (Å²) in [6, 6.07) is 4.28. The normalized spacial score (nSPS) is 30.3. The van der Waals surface area contributed by atoms with Crippen molar-refractivity contribution in [3.05, 3.63) is 51.6 Å². The summed E-state index contributed by atoms with van der Waals surface area (Å²) in [4.78, 5) is 4.85. The van der Waals surface area contributed by atoms with Gasteiger partial charge in [0, 0.05) is 11.8 Å². The Bertz CT molecular complexity index is 875. The Balaban J connectivity index is 1.75. The second-order valence-electron chi connectivity index (χ2n) is 7.46. The summed E-state index contributed by atoms with van der Waals surface area (Å²) < 4.78 is 1.18. The van der Waals surface area contributed by atoms with E-state index in [0.29, 0.717) is 6.42 Å². The standard InChI is InChI=1S/C20H23NOS/c1-12-5-8-16-17(14(12)3)21-18(23-16)20(22)10-9-19(4)13(2)6-7-15(19)11-20/h5-8,22H,9-11H2,1-4H3/t19-,20-/m0/s1. The number of thiazole rings is 1. The average Bonchev–Trinajstić information content (AvgIpc) is 3.08. The summed E-state index contributed by atoms with van der Waals surface area (Å²) in [7, 11) is 0. The molecule has 0 radical (unpaired) electrons. The first-order chi connectivity index (χ1) is 10.8. The van der Waals surface area contributed by atoms with Crippen molar-refractivity contribution in [1.82, 2.24) is 4.98 Å². The van der Waals surface area contributed by atoms with Gasteiger partial charge in [-0.1, -0.05) is 36.3 Å². The van der Waals surface area contributed by atoms with Gasteiger partial charge in [-0.2, -0.15) is 0 Å². The lowest BCUT2D eigenvalue weighted by Gasteiger charge is -2.42. The van der Waals surface area contributed by atoms with Crippen LogP contribution in [0.25, 0.3) is 10.2 Å². The van der Waals surface area contributed by atoms with E-state index < -0.39 is 5.60 Å². The number of aryl methyl sites for hydroxylation is 2. The molecule has 0 unspecified atom stereocenters. The van der Waals surface area contributed by atoms with Gasteiger partial charge < -0.3 is 5.11 Å². The first-order valence-corrected chi connectivity index (χ1v) is 9.13. The first-order valence-electron chi connectivity index (χ1n) is 8.31. The van der Waals surface area contributed by atoms with E-state index in [1.165, 1.54) is 27.0 Å². The van der Waals surface area contributed by atoms with Crippen molar-refractivity contribution in [3.63, 3.8) is 0 Å². The van der Waals surface area contributed by atoms with Gasteiger partial charge in [-0.3, -0.25) is 0 Å². The van der Waals surface area contributed by atoms with Gasteiger partial charge in [-0.25, -0.2) is 4.98 Å². The predicted octanol–water partition coefficient (Wildman–Crippen LogP) is 5.18. The molecule has 0 amide bonds. The molecule has 2 atom stereocenters. The molecule has 1 heterocycles. The highest BCUT2D eigenvalue weighted by Crippen LogP contribution is 2.55. The number of hydrogen-bond acceptors (Lipinski definition) is 3. The predicted molar refractivity (Wildman–Crippen MR) is 96.8 cm³/mol. The zero-order valence-corrected chi connectivity index (χ0v) is 15.0. The Hall–Kier alpha value is -1.45. The number of nitrogens with zero attached hydrogens (tertiary/aromatic N) is 1. The van der Waals surface area contributed by atoms with Crippen molar-refractivity contribution in [3.8, 4) is 0 Å². The second-order valence-corrected chi connectivity index (χ2v) is 8.49. The van der Waals surface area contributed by atoms with E-state index in [1.807, 2.05) is 0 Å². The maximum absolute atomic E-state index is 11.3. The Morgan fingerprint density at radius 2 is 1.91 bits per heavy atom. The van der Waals surface area contributed by atoms with E-state index in [1.54, 1.807) is 11.3 Å². The molecule has 0 bridgehead atoms. The van der Waals surface area contributed by atoms with E-state index in [2.05, 4.69) is 52.0 Å². The highest BCUT2D eigenvalue weighted by atomic mass is 32.1. The smallest absolute Gasteiger partial charge is 0.126 e. The molecule has 120 valence electrons. The maximum atomic E-state index is 11.3. The summed E-state index contributed by atoms with van der Waals surface area (Å²) >= 11 is 1.65. The summed E-state index contributed by atoms with van der Waals surface area (Å²) in [5.41, 5.74) is 5.66. The molecule has 4 rings (SSSR count). The Labute approximate surface area is 141 Å². The van der Waals surface area contributed by atoms with Gasteiger partial charge in [0.1, 0.15) is 10.6 Å². The summed E-state index contributed by atoms with van der Waals surface area (Å²) in [6.45, 7) is 8.75. The van der Waals surface area contributed by atoms with Gasteiger partial charge in [0.2, 0.25) is 0 Å². The molecule has 2 aromatic rings. The number of aromatic nitrogens is 1. The van der Waals surface area contributed by atoms with Crippen molar-refractivity contribution in [2.75, 3.05) is 0 Å². The topological polar surface area (TPSA) is 33.1 Å². The van der Waals surface area contributed by atoms with Crippen molar-refractivity contribution in [2.45, 2.75) is 52.6 Å². The second kappa shape index (κ2) is 4.78. The van der Waals surface area contributed by atoms with Gasteiger partial charge in [-0.05, 0) is 50.8 Å². The number of fused-ring (bicyclic) bond motifs is 2. The Morgan fingerprint density at radius 3 is 2.70 bits per heavy atom. The van der Waals surface area contributed by atoms with Crippen LogP contribution >= 0.6 is 11.3 Å². The molecule has 2 aliphatic rings. The van der Waals surface area contributed by atoms with Crippen molar-refractivity contribution in [1.29, 1.82) is 0 Å². The van der Waals surface area contributed by atoms with Crippen LogP contribution in [0.15, 0.2) is 35.4 Å². The number of aliphatic hydroxyl groups is 1. The van der Waals surface area contributed by atoms with Gasteiger partial charge in [0.15, 0.2) is 0 Å². The Kier molecular flexibility index (Phi) is 3.14. The third kappa shape index (κ3) is 2.06. The van der Waals surface area contributed by atoms with Crippen molar-refractivity contribution < 1.29 is 5.11 Å². The van der Waals surface area contributed by atoms with E-state index in [0.717, 1.165) is 23.4 Å². The molecule has 1 fully saturated rings. The van der Waals surface area contributed by atoms with Gasteiger partial charge in [0.05, 0.1) is 10.2 Å². The third-order valence-electron chi connectivity index (χ3n) is 6.12. The number of rotatable bonds is 1. The lowest BCUT2D eigenvalue weighted by atomic mass is 9.65. The van der Waals surface area contributed by atoms with Crippen LogP contribution in [0.2, 0.25) is 0 Å². The first kappa shape index (κ1) is 15.1. The molecule has 0 spiro atoms. The van der Waals surface area contributed by atoms with Crippen LogP contribution in [-0.2, 0) is 5.60 Å². The van der Waals surface area contributed by atoms with Crippen LogP contribution in [0.4, 0.5) is 0 Å². The third-order valence-corrected chi connectivity index (χ3v) is 7.33. The molecule has 23 heavy (non-hydrogen) atoms. The van der Waals surface area contributed by atoms with Crippen molar-refractivity contribution >= 4 is 21.6 Å². The van der Waals surface area contributed by atoms with Crippen LogP contribution in [0.5, 0.6) is 0 Å². The molecular weight excluding hydrogens is 302 g/mol. The highest BCUT2D eigenvalue weighted by molar-refractivity contribution is 7.18. The number of allylic oxidation sites excluding steroid dienone is 3. The minimum Gasteiger partial charge on any atom is -0.382 e. The summed E-state index contributed by atoms with van der Waals surface area (Å²) in [5.74, 6) is 0. The number of hydrogen-bond donors (Lipinski definition) is 1.